The van der Waals surface area contributed by atoms with E-state index in [-0.39, 0.29) is 0 Å². The van der Waals surface area contributed by atoms with Crippen molar-refractivity contribution >= 4 is 22.0 Å². The highest BCUT2D eigenvalue weighted by atomic mass is 32.1. The van der Waals surface area contributed by atoms with E-state index < -0.39 is 0 Å². The number of piperazine rings is 1. The summed E-state index contributed by atoms with van der Waals surface area (Å²) in [6.07, 6.45) is 0. The van der Waals surface area contributed by atoms with Crippen molar-refractivity contribution in [3.8, 4) is 12.1 Å². The average molecular weight is 275 g/mol. The van der Waals surface area contributed by atoms with Crippen LogP contribution in [0.15, 0.2) is 0 Å². The fraction of sp³-hybridized carbons (Fsp3) is 0.538. The summed E-state index contributed by atoms with van der Waals surface area (Å²) in [5, 5.41) is 19.1. The standard InChI is InChI=1S/C13H17N5S/c1-9(2)17-3-5-18(6-4-17)13-10(7-14)12(16)11(8-15)19-13/h9H,3-6,16H2,1-2H3. The molecule has 0 amide bonds. The predicted octanol–water partition coefficient (Wildman–Crippen LogP) is 1.60. The molecule has 1 aliphatic rings. The number of hydrogen-bond donors (Lipinski definition) is 1. The van der Waals surface area contributed by atoms with Crippen LogP contribution in [0.5, 0.6) is 0 Å². The van der Waals surface area contributed by atoms with Gasteiger partial charge in [0, 0.05) is 32.2 Å². The molecule has 0 unspecified atom stereocenters. The molecule has 1 aromatic rings. The summed E-state index contributed by atoms with van der Waals surface area (Å²) in [6.45, 7) is 8.07. The lowest BCUT2D eigenvalue weighted by molar-refractivity contribution is 0.209. The van der Waals surface area contributed by atoms with Gasteiger partial charge in [0.2, 0.25) is 0 Å². The number of hydrogen-bond acceptors (Lipinski definition) is 6. The number of rotatable bonds is 2. The number of anilines is 2. The van der Waals surface area contributed by atoms with Gasteiger partial charge < -0.3 is 10.6 Å². The fourth-order valence-electron chi connectivity index (χ4n) is 2.29. The monoisotopic (exact) mass is 275 g/mol. The molecule has 100 valence electrons. The molecule has 0 aliphatic carbocycles. The molecule has 1 aromatic heterocycles. The molecule has 1 aliphatic heterocycles. The Morgan fingerprint density at radius 1 is 1.16 bits per heavy atom. The predicted molar refractivity (Wildman–Crippen MR) is 77.1 cm³/mol. The van der Waals surface area contributed by atoms with Gasteiger partial charge in [-0.2, -0.15) is 10.5 Å². The fourth-order valence-corrected chi connectivity index (χ4v) is 3.31. The smallest absolute Gasteiger partial charge is 0.131 e. The largest absolute Gasteiger partial charge is 0.396 e. The molecule has 0 bridgehead atoms. The van der Waals surface area contributed by atoms with Crippen LogP contribution in [0.3, 0.4) is 0 Å². The summed E-state index contributed by atoms with van der Waals surface area (Å²) in [4.78, 5) is 5.02. The summed E-state index contributed by atoms with van der Waals surface area (Å²) in [5.74, 6) is 0. The van der Waals surface area contributed by atoms with Crippen LogP contribution in [0, 0.1) is 22.7 Å². The Labute approximate surface area is 117 Å². The van der Waals surface area contributed by atoms with E-state index in [1.54, 1.807) is 0 Å². The SMILES string of the molecule is CC(C)N1CCN(c2sc(C#N)c(N)c2C#N)CC1. The third-order valence-corrected chi connectivity index (χ3v) is 4.64. The first-order valence-corrected chi connectivity index (χ1v) is 7.11. The number of nitrogens with two attached hydrogens (primary N) is 1. The van der Waals surface area contributed by atoms with Crippen molar-refractivity contribution in [1.82, 2.24) is 4.90 Å². The molecular weight excluding hydrogens is 258 g/mol. The number of thiophene rings is 1. The van der Waals surface area contributed by atoms with Crippen LogP contribution in [0.25, 0.3) is 0 Å². The van der Waals surface area contributed by atoms with Gasteiger partial charge in [-0.25, -0.2) is 0 Å². The Morgan fingerprint density at radius 3 is 2.26 bits per heavy atom. The molecule has 0 radical (unpaired) electrons. The van der Waals surface area contributed by atoms with Gasteiger partial charge in [0.1, 0.15) is 27.6 Å². The van der Waals surface area contributed by atoms with Gasteiger partial charge in [-0.05, 0) is 13.8 Å². The van der Waals surface area contributed by atoms with Gasteiger partial charge in [-0.3, -0.25) is 4.90 Å². The summed E-state index contributed by atoms with van der Waals surface area (Å²) in [6, 6.07) is 4.73. The van der Waals surface area contributed by atoms with Gasteiger partial charge >= 0.3 is 0 Å². The van der Waals surface area contributed by atoms with E-state index in [9.17, 15) is 5.26 Å². The quantitative estimate of drug-likeness (QED) is 0.886. The molecule has 5 nitrogen and oxygen atoms in total. The lowest BCUT2D eigenvalue weighted by Crippen LogP contribution is -2.48. The molecule has 6 heteroatoms. The van der Waals surface area contributed by atoms with Crippen molar-refractivity contribution in [1.29, 1.82) is 10.5 Å². The Balaban J connectivity index is 2.21. The number of nitriles is 2. The van der Waals surface area contributed by atoms with Gasteiger partial charge in [0.15, 0.2) is 0 Å². The Hall–Kier alpha value is -1.76. The third kappa shape index (κ3) is 2.51. The molecule has 2 heterocycles. The Morgan fingerprint density at radius 2 is 1.79 bits per heavy atom. The van der Waals surface area contributed by atoms with E-state index in [1.165, 1.54) is 11.3 Å². The van der Waals surface area contributed by atoms with Crippen LogP contribution in [-0.4, -0.2) is 37.1 Å². The molecule has 0 aromatic carbocycles. The van der Waals surface area contributed by atoms with E-state index >= 15 is 0 Å². The minimum Gasteiger partial charge on any atom is -0.396 e. The van der Waals surface area contributed by atoms with Crippen LogP contribution in [0.4, 0.5) is 10.7 Å². The van der Waals surface area contributed by atoms with Gasteiger partial charge in [-0.1, -0.05) is 0 Å². The van der Waals surface area contributed by atoms with Crippen molar-refractivity contribution < 1.29 is 0 Å². The minimum atomic E-state index is 0.330. The summed E-state index contributed by atoms with van der Waals surface area (Å²) in [7, 11) is 0. The van der Waals surface area contributed by atoms with E-state index in [2.05, 4.69) is 35.8 Å². The van der Waals surface area contributed by atoms with Crippen molar-refractivity contribution in [2.24, 2.45) is 0 Å². The third-order valence-electron chi connectivity index (χ3n) is 3.47. The lowest BCUT2D eigenvalue weighted by Gasteiger charge is -2.37. The van der Waals surface area contributed by atoms with Crippen molar-refractivity contribution in [2.75, 3.05) is 36.8 Å². The van der Waals surface area contributed by atoms with Gasteiger partial charge in [0.25, 0.3) is 0 Å². The van der Waals surface area contributed by atoms with Crippen LogP contribution < -0.4 is 10.6 Å². The molecular formula is C13H17N5S. The number of nitrogens with zero attached hydrogens (tertiary/aromatic N) is 4. The first-order chi connectivity index (χ1) is 9.08. The van der Waals surface area contributed by atoms with Crippen LogP contribution in [0.2, 0.25) is 0 Å². The van der Waals surface area contributed by atoms with Gasteiger partial charge in [0.05, 0.1) is 5.69 Å². The van der Waals surface area contributed by atoms with E-state index in [1.807, 2.05) is 0 Å². The maximum Gasteiger partial charge on any atom is 0.131 e. The second-order valence-corrected chi connectivity index (χ2v) is 5.86. The molecule has 19 heavy (non-hydrogen) atoms. The van der Waals surface area contributed by atoms with E-state index in [0.717, 1.165) is 31.2 Å². The van der Waals surface area contributed by atoms with E-state index in [4.69, 9.17) is 11.0 Å². The molecule has 2 N–H and O–H groups in total. The zero-order valence-electron chi connectivity index (χ0n) is 11.2. The molecule has 0 saturated carbocycles. The minimum absolute atomic E-state index is 0.330. The van der Waals surface area contributed by atoms with Crippen LogP contribution in [-0.2, 0) is 0 Å². The zero-order valence-corrected chi connectivity index (χ0v) is 12.0. The summed E-state index contributed by atoms with van der Waals surface area (Å²) < 4.78 is 0. The van der Waals surface area contributed by atoms with Gasteiger partial charge in [-0.15, -0.1) is 11.3 Å². The lowest BCUT2D eigenvalue weighted by atomic mass is 10.2. The maximum atomic E-state index is 9.21. The Kier molecular flexibility index (Phi) is 3.94. The first kappa shape index (κ1) is 13.7. The Bertz CT molecular complexity index is 541. The maximum absolute atomic E-state index is 9.21. The van der Waals surface area contributed by atoms with E-state index in [0.29, 0.717) is 22.2 Å². The number of nitrogen functional groups attached to an aromatic ring is 1. The molecule has 1 saturated heterocycles. The second-order valence-electron chi connectivity index (χ2n) is 4.87. The highest BCUT2D eigenvalue weighted by Crippen LogP contribution is 2.37. The molecule has 1 fully saturated rings. The summed E-state index contributed by atoms with van der Waals surface area (Å²) in [5.41, 5.74) is 6.62. The topological polar surface area (TPSA) is 80.1 Å². The average Bonchev–Trinajstić information content (AvgIpc) is 2.75. The molecule has 0 atom stereocenters. The highest BCUT2D eigenvalue weighted by Gasteiger charge is 2.25. The summed E-state index contributed by atoms with van der Waals surface area (Å²) >= 11 is 1.33. The van der Waals surface area contributed by atoms with Crippen LogP contribution >= 0.6 is 11.3 Å². The molecule has 2 rings (SSSR count). The van der Waals surface area contributed by atoms with Crippen molar-refractivity contribution in [3.63, 3.8) is 0 Å². The zero-order chi connectivity index (χ0) is 14.0. The highest BCUT2D eigenvalue weighted by molar-refractivity contribution is 7.17. The van der Waals surface area contributed by atoms with Crippen LogP contribution in [0.1, 0.15) is 24.3 Å². The van der Waals surface area contributed by atoms with Crippen molar-refractivity contribution in [3.05, 3.63) is 10.4 Å². The first-order valence-electron chi connectivity index (χ1n) is 6.30. The normalized spacial score (nSPS) is 16.4. The van der Waals surface area contributed by atoms with Crippen molar-refractivity contribution in [2.45, 2.75) is 19.9 Å². The molecule has 0 spiro atoms. The second kappa shape index (κ2) is 5.48.